The summed E-state index contributed by atoms with van der Waals surface area (Å²) in [4.78, 5) is 0. The lowest BCUT2D eigenvalue weighted by atomic mass is 10.1. The number of nitrogens with zero attached hydrogens (tertiary/aromatic N) is 3. The molecule has 1 aliphatic rings. The Kier molecular flexibility index (Phi) is 5.91. The van der Waals surface area contributed by atoms with E-state index in [1.54, 1.807) is 7.11 Å². The van der Waals surface area contributed by atoms with Gasteiger partial charge in [-0.3, -0.25) is 0 Å². The number of aryl methyl sites for hydroxylation is 1. The molecule has 1 N–H and O–H groups in total. The summed E-state index contributed by atoms with van der Waals surface area (Å²) in [6.45, 7) is 6.47. The molecule has 25 heavy (non-hydrogen) atoms. The van der Waals surface area contributed by atoms with E-state index in [1.807, 2.05) is 26.0 Å². The third-order valence-corrected chi connectivity index (χ3v) is 4.42. The first-order chi connectivity index (χ1) is 12.2. The Balaban J connectivity index is 1.67. The first kappa shape index (κ1) is 17.7. The molecule has 1 aromatic heterocycles. The Morgan fingerprint density at radius 3 is 2.84 bits per heavy atom. The molecule has 0 saturated heterocycles. The van der Waals surface area contributed by atoms with Gasteiger partial charge in [-0.05, 0) is 32.8 Å². The van der Waals surface area contributed by atoms with Gasteiger partial charge in [-0.15, -0.1) is 10.2 Å². The fraction of sp³-hybridized carbons (Fsp3) is 0.579. The second-order valence-electron chi connectivity index (χ2n) is 6.71. The molecular weight excluding hydrogens is 316 g/mol. The van der Waals surface area contributed by atoms with E-state index in [9.17, 15) is 0 Å². The summed E-state index contributed by atoms with van der Waals surface area (Å²) in [5, 5.41) is 12.2. The Morgan fingerprint density at radius 2 is 2.04 bits per heavy atom. The van der Waals surface area contributed by atoms with Crippen molar-refractivity contribution >= 4 is 0 Å². The number of fused-ring (bicyclic) bond motifs is 1. The zero-order chi connectivity index (χ0) is 17.6. The average molecular weight is 344 g/mol. The largest absolute Gasteiger partial charge is 0.493 e. The maximum atomic E-state index is 5.96. The molecule has 2 heterocycles. The zero-order valence-corrected chi connectivity index (χ0v) is 15.4. The van der Waals surface area contributed by atoms with E-state index in [0.29, 0.717) is 13.1 Å². The van der Waals surface area contributed by atoms with Crippen molar-refractivity contribution in [2.75, 3.05) is 7.11 Å². The van der Waals surface area contributed by atoms with Crippen molar-refractivity contribution < 1.29 is 9.47 Å². The van der Waals surface area contributed by atoms with Crippen molar-refractivity contribution in [3.63, 3.8) is 0 Å². The lowest BCUT2D eigenvalue weighted by Crippen LogP contribution is -2.18. The van der Waals surface area contributed by atoms with E-state index >= 15 is 0 Å². The van der Waals surface area contributed by atoms with E-state index in [4.69, 9.17) is 9.47 Å². The first-order valence-electron chi connectivity index (χ1n) is 9.13. The summed E-state index contributed by atoms with van der Waals surface area (Å²) in [7, 11) is 1.67. The van der Waals surface area contributed by atoms with Crippen LogP contribution in [0.3, 0.4) is 0 Å². The number of benzene rings is 1. The summed E-state index contributed by atoms with van der Waals surface area (Å²) in [5.41, 5.74) is 1.09. The molecule has 0 atom stereocenters. The quantitative estimate of drug-likeness (QED) is 0.836. The SMILES string of the molecule is COc1cccc(CNCc2nnc3n2CCCCC3)c1OC(C)C. The molecule has 6 nitrogen and oxygen atoms in total. The molecule has 2 aromatic rings. The number of nitrogens with one attached hydrogen (secondary N) is 1. The zero-order valence-electron chi connectivity index (χ0n) is 15.4. The van der Waals surface area contributed by atoms with Gasteiger partial charge in [-0.25, -0.2) is 0 Å². The van der Waals surface area contributed by atoms with Crippen molar-refractivity contribution in [2.45, 2.75) is 65.3 Å². The number of ether oxygens (including phenoxy) is 2. The molecule has 6 heteroatoms. The number of hydrogen-bond donors (Lipinski definition) is 1. The third-order valence-electron chi connectivity index (χ3n) is 4.42. The fourth-order valence-corrected chi connectivity index (χ4v) is 3.22. The minimum Gasteiger partial charge on any atom is -0.493 e. The van der Waals surface area contributed by atoms with Gasteiger partial charge < -0.3 is 19.4 Å². The van der Waals surface area contributed by atoms with Crippen LogP contribution >= 0.6 is 0 Å². The van der Waals surface area contributed by atoms with Crippen LogP contribution in [-0.2, 0) is 26.1 Å². The van der Waals surface area contributed by atoms with Gasteiger partial charge in [0.25, 0.3) is 0 Å². The first-order valence-corrected chi connectivity index (χ1v) is 9.13. The van der Waals surface area contributed by atoms with Crippen molar-refractivity contribution in [1.29, 1.82) is 0 Å². The van der Waals surface area contributed by atoms with E-state index in [2.05, 4.69) is 26.1 Å². The molecule has 3 rings (SSSR count). The normalized spacial score (nSPS) is 14.2. The minimum absolute atomic E-state index is 0.0994. The molecule has 0 spiro atoms. The number of rotatable bonds is 7. The molecule has 0 saturated carbocycles. The molecular formula is C19H28N4O2. The van der Waals surface area contributed by atoms with E-state index in [1.165, 1.54) is 19.3 Å². The predicted molar refractivity (Wildman–Crippen MR) is 96.9 cm³/mol. The van der Waals surface area contributed by atoms with Gasteiger partial charge in [0.05, 0.1) is 19.8 Å². The molecule has 0 fully saturated rings. The highest BCUT2D eigenvalue weighted by atomic mass is 16.5. The van der Waals surface area contributed by atoms with Gasteiger partial charge in [-0.1, -0.05) is 18.6 Å². The van der Waals surface area contributed by atoms with Crippen molar-refractivity contribution in [3.8, 4) is 11.5 Å². The van der Waals surface area contributed by atoms with Gasteiger partial charge in [-0.2, -0.15) is 0 Å². The fourth-order valence-electron chi connectivity index (χ4n) is 3.22. The molecule has 136 valence electrons. The van der Waals surface area contributed by atoms with Gasteiger partial charge in [0.1, 0.15) is 11.6 Å². The highest BCUT2D eigenvalue weighted by molar-refractivity contribution is 5.46. The van der Waals surface area contributed by atoms with Crippen LogP contribution in [0, 0.1) is 0 Å². The predicted octanol–water partition coefficient (Wildman–Crippen LogP) is 3.09. The Hall–Kier alpha value is -2.08. The van der Waals surface area contributed by atoms with Crippen LogP contribution in [0.4, 0.5) is 0 Å². The Morgan fingerprint density at radius 1 is 1.16 bits per heavy atom. The molecule has 1 aliphatic heterocycles. The molecule has 0 amide bonds. The third kappa shape index (κ3) is 4.31. The maximum Gasteiger partial charge on any atom is 0.166 e. The van der Waals surface area contributed by atoms with Crippen LogP contribution in [0.15, 0.2) is 18.2 Å². The minimum atomic E-state index is 0.0994. The highest BCUT2D eigenvalue weighted by Crippen LogP contribution is 2.32. The van der Waals surface area contributed by atoms with Crippen LogP contribution < -0.4 is 14.8 Å². The summed E-state index contributed by atoms with van der Waals surface area (Å²) in [6, 6.07) is 5.99. The van der Waals surface area contributed by atoms with Crippen LogP contribution in [-0.4, -0.2) is 28.0 Å². The van der Waals surface area contributed by atoms with Crippen molar-refractivity contribution in [2.24, 2.45) is 0 Å². The molecule has 0 aliphatic carbocycles. The van der Waals surface area contributed by atoms with Crippen LogP contribution in [0.5, 0.6) is 11.5 Å². The smallest absolute Gasteiger partial charge is 0.166 e. The van der Waals surface area contributed by atoms with E-state index < -0.39 is 0 Å². The average Bonchev–Trinajstić information content (AvgIpc) is 2.83. The number of aromatic nitrogens is 3. The maximum absolute atomic E-state index is 5.96. The lowest BCUT2D eigenvalue weighted by Gasteiger charge is -2.17. The second kappa shape index (κ2) is 8.34. The summed E-state index contributed by atoms with van der Waals surface area (Å²) in [6.07, 6.45) is 4.83. The number of methoxy groups -OCH3 is 1. The van der Waals surface area contributed by atoms with Gasteiger partial charge in [0, 0.05) is 25.1 Å². The van der Waals surface area contributed by atoms with Crippen molar-refractivity contribution in [3.05, 3.63) is 35.4 Å². The monoisotopic (exact) mass is 344 g/mol. The Bertz CT molecular complexity index is 697. The number of para-hydroxylation sites is 1. The molecule has 0 bridgehead atoms. The van der Waals surface area contributed by atoms with Crippen LogP contribution in [0.25, 0.3) is 0 Å². The summed E-state index contributed by atoms with van der Waals surface area (Å²) in [5.74, 6) is 3.72. The van der Waals surface area contributed by atoms with Crippen LogP contribution in [0.2, 0.25) is 0 Å². The van der Waals surface area contributed by atoms with E-state index in [-0.39, 0.29) is 6.10 Å². The number of hydrogen-bond acceptors (Lipinski definition) is 5. The molecule has 0 radical (unpaired) electrons. The van der Waals surface area contributed by atoms with Gasteiger partial charge >= 0.3 is 0 Å². The van der Waals surface area contributed by atoms with Gasteiger partial charge in [0.15, 0.2) is 11.5 Å². The van der Waals surface area contributed by atoms with Crippen molar-refractivity contribution in [1.82, 2.24) is 20.1 Å². The van der Waals surface area contributed by atoms with Crippen LogP contribution in [0.1, 0.15) is 50.3 Å². The van der Waals surface area contributed by atoms with Gasteiger partial charge in [0.2, 0.25) is 0 Å². The molecule has 1 aromatic carbocycles. The lowest BCUT2D eigenvalue weighted by molar-refractivity contribution is 0.227. The highest BCUT2D eigenvalue weighted by Gasteiger charge is 2.15. The Labute approximate surface area is 149 Å². The van der Waals surface area contributed by atoms with E-state index in [0.717, 1.165) is 41.7 Å². The summed E-state index contributed by atoms with van der Waals surface area (Å²) < 4.78 is 13.7. The molecule has 0 unspecified atom stereocenters. The summed E-state index contributed by atoms with van der Waals surface area (Å²) >= 11 is 0. The topological polar surface area (TPSA) is 61.2 Å². The second-order valence-corrected chi connectivity index (χ2v) is 6.71. The standard InChI is InChI=1S/C19H28N4O2/c1-14(2)25-19-15(8-7-9-16(19)24-3)12-20-13-18-22-21-17-10-5-4-6-11-23(17)18/h7-9,14,20H,4-6,10-13H2,1-3H3.